The minimum Gasteiger partial charge on any atom is -0.497 e. The molecule has 1 atom stereocenters. The van der Waals surface area contributed by atoms with E-state index in [9.17, 15) is 27.2 Å². The highest BCUT2D eigenvalue weighted by Crippen LogP contribution is 2.35. The van der Waals surface area contributed by atoms with Crippen molar-refractivity contribution in [3.63, 3.8) is 0 Å². The molecule has 0 spiro atoms. The summed E-state index contributed by atoms with van der Waals surface area (Å²) in [6.45, 7) is 0.453. The Morgan fingerprint density at radius 3 is 2.58 bits per heavy atom. The molecule has 1 fully saturated rings. The second-order valence-electron chi connectivity index (χ2n) is 8.33. The summed E-state index contributed by atoms with van der Waals surface area (Å²) in [7, 11) is 1.25. The molecule has 38 heavy (non-hydrogen) atoms. The largest absolute Gasteiger partial charge is 0.573 e. The molecule has 0 bridgehead atoms. The number of methoxy groups -OCH3 is 1. The second-order valence-corrected chi connectivity index (χ2v) is 9.19. The van der Waals surface area contributed by atoms with Crippen molar-refractivity contribution in [1.82, 2.24) is 9.88 Å². The van der Waals surface area contributed by atoms with E-state index >= 15 is 0 Å². The van der Waals surface area contributed by atoms with Crippen LogP contribution in [0, 0.1) is 18.2 Å². The van der Waals surface area contributed by atoms with Gasteiger partial charge < -0.3 is 14.4 Å². The SMILES string of the molecule is C#Cc1nc(CC(=O)N(c2cc(OC)cc(OC(F)(F)F)c2)C2CCN(Cc3ccc(F)cc3)C2=O)cs1. The molecule has 2 amide bonds. The first-order chi connectivity index (χ1) is 18.1. The van der Waals surface area contributed by atoms with Crippen molar-refractivity contribution in [2.45, 2.75) is 31.8 Å². The van der Waals surface area contributed by atoms with Gasteiger partial charge in [-0.2, -0.15) is 0 Å². The fraction of sp³-hybridized carbons (Fsp3) is 0.269. The molecule has 0 aliphatic carbocycles. The molecule has 3 aromatic rings. The first kappa shape index (κ1) is 26.9. The third-order valence-corrected chi connectivity index (χ3v) is 6.58. The third kappa shape index (κ3) is 6.41. The van der Waals surface area contributed by atoms with E-state index in [1.807, 2.05) is 0 Å². The number of alkyl halides is 3. The Labute approximate surface area is 219 Å². The summed E-state index contributed by atoms with van der Waals surface area (Å²) in [5.41, 5.74) is 1.04. The molecule has 1 aliphatic heterocycles. The number of rotatable bonds is 8. The van der Waals surface area contributed by atoms with E-state index in [0.717, 1.165) is 28.4 Å². The Morgan fingerprint density at radius 1 is 1.24 bits per heavy atom. The topological polar surface area (TPSA) is 72.0 Å². The number of carbonyl (C=O) groups is 2. The van der Waals surface area contributed by atoms with Crippen molar-refractivity contribution >= 4 is 28.8 Å². The van der Waals surface area contributed by atoms with Crippen molar-refractivity contribution in [2.24, 2.45) is 0 Å². The summed E-state index contributed by atoms with van der Waals surface area (Å²) in [5, 5.41) is 1.97. The van der Waals surface area contributed by atoms with Crippen LogP contribution in [0.1, 0.15) is 22.7 Å². The molecule has 0 saturated carbocycles. The van der Waals surface area contributed by atoms with Gasteiger partial charge in [0.15, 0.2) is 5.01 Å². The lowest BCUT2D eigenvalue weighted by Crippen LogP contribution is -2.46. The van der Waals surface area contributed by atoms with Gasteiger partial charge in [-0.05, 0) is 30.0 Å². The van der Waals surface area contributed by atoms with Crippen LogP contribution < -0.4 is 14.4 Å². The van der Waals surface area contributed by atoms with Crippen LogP contribution in [0.15, 0.2) is 47.8 Å². The number of halogens is 4. The Kier molecular flexibility index (Phi) is 7.87. The highest BCUT2D eigenvalue weighted by Gasteiger charge is 2.40. The number of amides is 2. The summed E-state index contributed by atoms with van der Waals surface area (Å²) in [4.78, 5) is 33.8. The average Bonchev–Trinajstić information content (AvgIpc) is 3.46. The summed E-state index contributed by atoms with van der Waals surface area (Å²) in [6, 6.07) is 8.04. The summed E-state index contributed by atoms with van der Waals surface area (Å²) < 4.78 is 61.5. The van der Waals surface area contributed by atoms with Crippen molar-refractivity contribution in [3.05, 3.63) is 69.9 Å². The normalized spacial score (nSPS) is 15.3. The minimum atomic E-state index is -4.99. The predicted octanol–water partition coefficient (Wildman–Crippen LogP) is 4.55. The van der Waals surface area contributed by atoms with E-state index in [1.54, 1.807) is 17.5 Å². The quantitative estimate of drug-likeness (QED) is 0.306. The van der Waals surface area contributed by atoms with Crippen molar-refractivity contribution in [3.8, 4) is 23.8 Å². The number of aromatic nitrogens is 1. The lowest BCUT2D eigenvalue weighted by molar-refractivity contribution is -0.274. The first-order valence-corrected chi connectivity index (χ1v) is 12.2. The number of likely N-dealkylation sites (tertiary alicyclic amines) is 1. The van der Waals surface area contributed by atoms with E-state index in [1.165, 1.54) is 30.2 Å². The number of benzene rings is 2. The zero-order chi connectivity index (χ0) is 27.4. The standard InChI is InChI=1S/C26H21F4N3O4S/c1-3-23-31-18(15-38-23)10-24(34)33(19-11-20(36-2)13-21(12-19)37-26(28,29)30)22-8-9-32(25(22)35)14-16-4-6-17(27)7-5-16/h1,4-7,11-13,15,22H,8-10,14H2,2H3. The zero-order valence-corrected chi connectivity index (χ0v) is 20.8. The maximum Gasteiger partial charge on any atom is 0.573 e. The first-order valence-electron chi connectivity index (χ1n) is 11.3. The third-order valence-electron chi connectivity index (χ3n) is 5.76. The highest BCUT2D eigenvalue weighted by molar-refractivity contribution is 7.10. The highest BCUT2D eigenvalue weighted by atomic mass is 32.1. The van der Waals surface area contributed by atoms with Crippen LogP contribution in [-0.2, 0) is 22.6 Å². The van der Waals surface area contributed by atoms with Gasteiger partial charge in [-0.25, -0.2) is 9.37 Å². The molecule has 1 unspecified atom stereocenters. The van der Waals surface area contributed by atoms with Crippen LogP contribution in [0.4, 0.5) is 23.2 Å². The van der Waals surface area contributed by atoms with E-state index in [0.29, 0.717) is 16.3 Å². The Hall–Kier alpha value is -4.11. The van der Waals surface area contributed by atoms with E-state index in [2.05, 4.69) is 15.6 Å². The molecule has 0 N–H and O–H groups in total. The fourth-order valence-corrected chi connectivity index (χ4v) is 4.75. The van der Waals surface area contributed by atoms with E-state index in [4.69, 9.17) is 11.2 Å². The van der Waals surface area contributed by atoms with Crippen molar-refractivity contribution < 1.29 is 36.6 Å². The number of nitrogens with zero attached hydrogens (tertiary/aromatic N) is 3. The fourth-order valence-electron chi connectivity index (χ4n) is 4.13. The number of thiazole rings is 1. The van der Waals surface area contributed by atoms with Crippen LogP contribution in [0.2, 0.25) is 0 Å². The smallest absolute Gasteiger partial charge is 0.497 e. The molecule has 0 radical (unpaired) electrons. The number of hydrogen-bond donors (Lipinski definition) is 0. The lowest BCUT2D eigenvalue weighted by atomic mass is 10.1. The number of hydrogen-bond acceptors (Lipinski definition) is 6. The minimum absolute atomic E-state index is 0.00330. The monoisotopic (exact) mass is 547 g/mol. The molecule has 12 heteroatoms. The van der Waals surface area contributed by atoms with Gasteiger partial charge in [0, 0.05) is 36.7 Å². The van der Waals surface area contributed by atoms with Gasteiger partial charge in [0.1, 0.15) is 23.4 Å². The molecule has 1 saturated heterocycles. The number of terminal acetylenes is 1. The zero-order valence-electron chi connectivity index (χ0n) is 20.0. The van der Waals surface area contributed by atoms with Crippen LogP contribution in [-0.4, -0.2) is 47.8 Å². The Morgan fingerprint density at radius 2 is 1.95 bits per heavy atom. The van der Waals surface area contributed by atoms with Gasteiger partial charge in [0.05, 0.1) is 24.9 Å². The number of ether oxygens (including phenoxy) is 2. The number of anilines is 1. The molecule has 1 aromatic heterocycles. The van der Waals surface area contributed by atoms with Gasteiger partial charge >= 0.3 is 6.36 Å². The average molecular weight is 548 g/mol. The van der Waals surface area contributed by atoms with Crippen LogP contribution in [0.25, 0.3) is 0 Å². The van der Waals surface area contributed by atoms with E-state index in [-0.39, 0.29) is 37.4 Å². The molecule has 7 nitrogen and oxygen atoms in total. The molecule has 2 aromatic carbocycles. The Bertz CT molecular complexity index is 1370. The molecule has 4 rings (SSSR count). The van der Waals surface area contributed by atoms with Crippen LogP contribution in [0.5, 0.6) is 11.5 Å². The number of carbonyl (C=O) groups excluding carboxylic acids is 2. The predicted molar refractivity (Wildman–Crippen MR) is 131 cm³/mol. The maximum atomic E-state index is 13.6. The molecule has 1 aliphatic rings. The summed E-state index contributed by atoms with van der Waals surface area (Å²) in [6.07, 6.45) is 0.344. The molecular weight excluding hydrogens is 526 g/mol. The lowest BCUT2D eigenvalue weighted by Gasteiger charge is -2.29. The van der Waals surface area contributed by atoms with Crippen LogP contribution >= 0.6 is 11.3 Å². The van der Waals surface area contributed by atoms with E-state index < -0.39 is 35.8 Å². The second kappa shape index (κ2) is 11.1. The van der Waals surface area contributed by atoms with Crippen LogP contribution in [0.3, 0.4) is 0 Å². The van der Waals surface area contributed by atoms with Crippen molar-refractivity contribution in [2.75, 3.05) is 18.6 Å². The summed E-state index contributed by atoms with van der Waals surface area (Å²) in [5.74, 6) is 0.363. The van der Waals surface area contributed by atoms with Gasteiger partial charge in [-0.3, -0.25) is 14.5 Å². The molecule has 198 valence electrons. The van der Waals surface area contributed by atoms with Crippen molar-refractivity contribution in [1.29, 1.82) is 0 Å². The van der Waals surface area contributed by atoms with Gasteiger partial charge in [0.2, 0.25) is 11.8 Å². The van der Waals surface area contributed by atoms with Gasteiger partial charge in [0.25, 0.3) is 0 Å². The van der Waals surface area contributed by atoms with Gasteiger partial charge in [-0.1, -0.05) is 12.1 Å². The summed E-state index contributed by atoms with van der Waals surface area (Å²) >= 11 is 1.16. The van der Waals surface area contributed by atoms with Gasteiger partial charge in [-0.15, -0.1) is 30.9 Å². The Balaban J connectivity index is 1.68. The molecular formula is C26H21F4N3O4S. The maximum absolute atomic E-state index is 13.6. The molecule has 2 heterocycles.